The van der Waals surface area contributed by atoms with E-state index in [1.807, 2.05) is 6.92 Å². The SMILES string of the molecule is Cc1nc(CNC(C)C2CC3C=CC2C3)no1. The minimum Gasteiger partial charge on any atom is -0.340 e. The fourth-order valence-corrected chi connectivity index (χ4v) is 3.21. The monoisotopic (exact) mass is 233 g/mol. The van der Waals surface area contributed by atoms with Gasteiger partial charge in [0.1, 0.15) is 0 Å². The van der Waals surface area contributed by atoms with E-state index < -0.39 is 0 Å². The van der Waals surface area contributed by atoms with Crippen molar-refractivity contribution in [2.45, 2.75) is 39.3 Å². The van der Waals surface area contributed by atoms with E-state index in [0.29, 0.717) is 18.5 Å². The van der Waals surface area contributed by atoms with Gasteiger partial charge in [0, 0.05) is 13.0 Å². The van der Waals surface area contributed by atoms with Crippen LogP contribution in [0.25, 0.3) is 0 Å². The van der Waals surface area contributed by atoms with Gasteiger partial charge in [-0.2, -0.15) is 4.98 Å². The molecule has 1 heterocycles. The molecule has 0 saturated heterocycles. The molecular formula is C13H19N3O. The molecular weight excluding hydrogens is 214 g/mol. The van der Waals surface area contributed by atoms with Crippen LogP contribution in [0.1, 0.15) is 31.5 Å². The molecule has 1 aromatic heterocycles. The maximum absolute atomic E-state index is 4.96. The van der Waals surface area contributed by atoms with Crippen LogP contribution in [-0.2, 0) is 6.54 Å². The van der Waals surface area contributed by atoms with Crippen molar-refractivity contribution in [2.75, 3.05) is 0 Å². The predicted octanol–water partition coefficient (Wildman–Crippen LogP) is 2.07. The Labute approximate surface area is 101 Å². The first-order valence-electron chi connectivity index (χ1n) is 6.43. The Balaban J connectivity index is 1.54. The van der Waals surface area contributed by atoms with Crippen LogP contribution in [0.3, 0.4) is 0 Å². The zero-order valence-electron chi connectivity index (χ0n) is 10.4. The highest BCUT2D eigenvalue weighted by Gasteiger charge is 2.38. The molecule has 17 heavy (non-hydrogen) atoms. The van der Waals surface area contributed by atoms with Crippen molar-refractivity contribution in [3.8, 4) is 0 Å². The first-order valence-corrected chi connectivity index (χ1v) is 6.43. The average molecular weight is 233 g/mol. The average Bonchev–Trinajstić information content (AvgIpc) is 3.01. The van der Waals surface area contributed by atoms with Gasteiger partial charge in [-0.15, -0.1) is 0 Å². The molecule has 0 aromatic carbocycles. The first-order chi connectivity index (χ1) is 8.22. The number of allylic oxidation sites excluding steroid dienone is 2. The van der Waals surface area contributed by atoms with Gasteiger partial charge in [0.2, 0.25) is 5.89 Å². The highest BCUT2D eigenvalue weighted by atomic mass is 16.5. The molecule has 0 aliphatic heterocycles. The van der Waals surface area contributed by atoms with Crippen LogP contribution in [0.4, 0.5) is 0 Å². The Kier molecular flexibility index (Phi) is 2.74. The first kappa shape index (κ1) is 11.0. The smallest absolute Gasteiger partial charge is 0.223 e. The molecule has 0 radical (unpaired) electrons. The molecule has 4 nitrogen and oxygen atoms in total. The van der Waals surface area contributed by atoms with Crippen molar-refractivity contribution in [1.29, 1.82) is 0 Å². The van der Waals surface area contributed by atoms with Gasteiger partial charge in [0.25, 0.3) is 0 Å². The number of hydrogen-bond acceptors (Lipinski definition) is 4. The van der Waals surface area contributed by atoms with Crippen LogP contribution in [0, 0.1) is 24.7 Å². The van der Waals surface area contributed by atoms with Crippen molar-refractivity contribution in [1.82, 2.24) is 15.5 Å². The number of fused-ring (bicyclic) bond motifs is 2. The van der Waals surface area contributed by atoms with Crippen molar-refractivity contribution in [3.63, 3.8) is 0 Å². The number of nitrogens with one attached hydrogen (secondary N) is 1. The number of aromatic nitrogens is 2. The lowest BCUT2D eigenvalue weighted by Crippen LogP contribution is -2.35. The van der Waals surface area contributed by atoms with Gasteiger partial charge >= 0.3 is 0 Å². The minimum absolute atomic E-state index is 0.522. The third-order valence-corrected chi connectivity index (χ3v) is 4.12. The second-order valence-electron chi connectivity index (χ2n) is 5.34. The molecule has 1 N–H and O–H groups in total. The van der Waals surface area contributed by atoms with Gasteiger partial charge in [0.05, 0.1) is 6.54 Å². The van der Waals surface area contributed by atoms with E-state index in [9.17, 15) is 0 Å². The van der Waals surface area contributed by atoms with Gasteiger partial charge < -0.3 is 9.84 Å². The molecule has 4 atom stereocenters. The fourth-order valence-electron chi connectivity index (χ4n) is 3.21. The van der Waals surface area contributed by atoms with Crippen LogP contribution >= 0.6 is 0 Å². The van der Waals surface area contributed by atoms with Crippen molar-refractivity contribution in [2.24, 2.45) is 17.8 Å². The molecule has 4 heteroatoms. The summed E-state index contributed by atoms with van der Waals surface area (Å²) in [6.07, 6.45) is 7.48. The predicted molar refractivity (Wildman–Crippen MR) is 64.2 cm³/mol. The van der Waals surface area contributed by atoms with Crippen LogP contribution in [0.15, 0.2) is 16.7 Å². The van der Waals surface area contributed by atoms with Gasteiger partial charge in [-0.25, -0.2) is 0 Å². The Morgan fingerprint density at radius 3 is 2.94 bits per heavy atom. The summed E-state index contributed by atoms with van der Waals surface area (Å²) >= 11 is 0. The topological polar surface area (TPSA) is 51.0 Å². The molecule has 1 aromatic rings. The molecule has 2 bridgehead atoms. The summed E-state index contributed by atoms with van der Waals surface area (Å²) in [5, 5.41) is 7.42. The van der Waals surface area contributed by atoms with Crippen molar-refractivity contribution in [3.05, 3.63) is 23.9 Å². The van der Waals surface area contributed by atoms with Crippen LogP contribution < -0.4 is 5.32 Å². The molecule has 4 unspecified atom stereocenters. The van der Waals surface area contributed by atoms with Gasteiger partial charge in [0.15, 0.2) is 5.82 Å². The lowest BCUT2D eigenvalue weighted by molar-refractivity contribution is 0.321. The normalized spacial score (nSPS) is 32.2. The molecule has 1 saturated carbocycles. The van der Waals surface area contributed by atoms with Crippen LogP contribution in [0.5, 0.6) is 0 Å². The summed E-state index contributed by atoms with van der Waals surface area (Å²) < 4.78 is 4.96. The standard InChI is InChI=1S/C13H19N3O/c1-8(12-6-10-3-4-11(12)5-10)14-7-13-15-9(2)17-16-13/h3-4,8,10-12,14H,5-7H2,1-2H3. The largest absolute Gasteiger partial charge is 0.340 e. The molecule has 2 aliphatic rings. The molecule has 3 rings (SSSR count). The van der Waals surface area contributed by atoms with E-state index in [0.717, 1.165) is 23.6 Å². The quantitative estimate of drug-likeness (QED) is 0.809. The van der Waals surface area contributed by atoms with E-state index in [1.165, 1.54) is 12.8 Å². The van der Waals surface area contributed by atoms with Gasteiger partial charge in [-0.3, -0.25) is 0 Å². The number of nitrogens with zero attached hydrogens (tertiary/aromatic N) is 2. The highest BCUT2D eigenvalue weighted by Crippen LogP contribution is 2.44. The molecule has 1 fully saturated rings. The van der Waals surface area contributed by atoms with Gasteiger partial charge in [-0.05, 0) is 37.5 Å². The zero-order valence-corrected chi connectivity index (χ0v) is 10.4. The summed E-state index contributed by atoms with van der Waals surface area (Å²) in [7, 11) is 0. The molecule has 0 amide bonds. The van der Waals surface area contributed by atoms with Crippen LogP contribution in [-0.4, -0.2) is 16.2 Å². The lowest BCUT2D eigenvalue weighted by atomic mass is 9.87. The van der Waals surface area contributed by atoms with Crippen molar-refractivity contribution < 1.29 is 4.52 Å². The molecule has 0 spiro atoms. The Hall–Kier alpha value is -1.16. The summed E-state index contributed by atoms with van der Waals surface area (Å²) in [4.78, 5) is 4.20. The second-order valence-corrected chi connectivity index (χ2v) is 5.34. The third-order valence-electron chi connectivity index (χ3n) is 4.12. The van der Waals surface area contributed by atoms with E-state index in [1.54, 1.807) is 0 Å². The Morgan fingerprint density at radius 1 is 1.47 bits per heavy atom. The van der Waals surface area contributed by atoms with Crippen LogP contribution in [0.2, 0.25) is 0 Å². The highest BCUT2D eigenvalue weighted by molar-refractivity contribution is 5.11. The fraction of sp³-hybridized carbons (Fsp3) is 0.692. The van der Waals surface area contributed by atoms with E-state index >= 15 is 0 Å². The Morgan fingerprint density at radius 2 is 2.35 bits per heavy atom. The maximum atomic E-state index is 4.96. The minimum atomic E-state index is 0.522. The third kappa shape index (κ3) is 2.14. The van der Waals surface area contributed by atoms with Gasteiger partial charge in [-0.1, -0.05) is 17.3 Å². The lowest BCUT2D eigenvalue weighted by Gasteiger charge is -2.25. The van der Waals surface area contributed by atoms with E-state index in [-0.39, 0.29) is 0 Å². The van der Waals surface area contributed by atoms with E-state index in [2.05, 4.69) is 34.5 Å². The number of hydrogen-bond donors (Lipinski definition) is 1. The van der Waals surface area contributed by atoms with E-state index in [4.69, 9.17) is 4.52 Å². The maximum Gasteiger partial charge on any atom is 0.223 e. The Bertz CT molecular complexity index is 426. The van der Waals surface area contributed by atoms with Crippen molar-refractivity contribution >= 4 is 0 Å². The summed E-state index contributed by atoms with van der Waals surface area (Å²) in [5.41, 5.74) is 0. The summed E-state index contributed by atoms with van der Waals surface area (Å²) in [6, 6.07) is 0.522. The number of rotatable bonds is 4. The zero-order chi connectivity index (χ0) is 11.8. The number of aryl methyl sites for hydroxylation is 1. The second kappa shape index (κ2) is 4.26. The molecule has 92 valence electrons. The molecule has 2 aliphatic carbocycles. The summed E-state index contributed by atoms with van der Waals surface area (Å²) in [6.45, 7) is 4.79. The summed E-state index contributed by atoms with van der Waals surface area (Å²) in [5.74, 6) is 3.79.